The van der Waals surface area contributed by atoms with Gasteiger partial charge in [-0.25, -0.2) is 0 Å². The number of rotatable bonds is 6. The predicted octanol–water partition coefficient (Wildman–Crippen LogP) is 4.80. The van der Waals surface area contributed by atoms with Crippen LogP contribution in [-0.4, -0.2) is 5.78 Å². The van der Waals surface area contributed by atoms with Gasteiger partial charge in [0.2, 0.25) is 0 Å². The van der Waals surface area contributed by atoms with E-state index in [1.54, 1.807) is 0 Å². The van der Waals surface area contributed by atoms with Crippen LogP contribution in [0, 0.1) is 0 Å². The average molecular weight is 290 g/mol. The number of ketones is 1. The number of carbonyl (C=O) groups excluding carboxylic acids is 1. The minimum absolute atomic E-state index is 0.158. The third-order valence-corrected chi connectivity index (χ3v) is 5.55. The summed E-state index contributed by atoms with van der Waals surface area (Å²) in [4.78, 5) is 12.7. The summed E-state index contributed by atoms with van der Waals surface area (Å²) in [6, 6.07) is 21.2. The normalized spacial score (nSPS) is 20.4. The maximum absolute atomic E-state index is 12.7. The molecule has 0 saturated heterocycles. The first-order valence-electron chi connectivity index (χ1n) is 8.35. The van der Waals surface area contributed by atoms with Gasteiger partial charge in [0.15, 0.2) is 0 Å². The summed E-state index contributed by atoms with van der Waals surface area (Å²) in [5.74, 6) is 0.447. The van der Waals surface area contributed by atoms with E-state index in [4.69, 9.17) is 0 Å². The molecule has 1 heteroatoms. The van der Waals surface area contributed by atoms with Gasteiger partial charge in [0.05, 0.1) is 0 Å². The molecule has 1 nitrogen and oxygen atoms in total. The molecule has 2 aliphatic rings. The summed E-state index contributed by atoms with van der Waals surface area (Å²) in [7, 11) is 0. The Morgan fingerprint density at radius 3 is 1.36 bits per heavy atom. The van der Waals surface area contributed by atoms with Crippen molar-refractivity contribution in [3.63, 3.8) is 0 Å². The standard InChI is InChI=1S/C21H22O/c22-19(15-20(11-12-20)17-7-3-1-4-8-17)16-21(13-14-21)18-9-5-2-6-10-18/h1-10H,11-16H2. The van der Waals surface area contributed by atoms with E-state index >= 15 is 0 Å². The molecule has 22 heavy (non-hydrogen) atoms. The fraction of sp³-hybridized carbons (Fsp3) is 0.381. The van der Waals surface area contributed by atoms with Crippen molar-refractivity contribution in [2.75, 3.05) is 0 Å². The third-order valence-electron chi connectivity index (χ3n) is 5.55. The molecule has 0 radical (unpaired) electrons. The molecular formula is C21H22O. The van der Waals surface area contributed by atoms with Gasteiger partial charge in [-0.3, -0.25) is 4.79 Å². The van der Waals surface area contributed by atoms with Crippen molar-refractivity contribution in [2.45, 2.75) is 49.4 Å². The maximum Gasteiger partial charge on any atom is 0.134 e. The first kappa shape index (κ1) is 13.8. The van der Waals surface area contributed by atoms with Crippen molar-refractivity contribution >= 4 is 5.78 Å². The zero-order valence-corrected chi connectivity index (χ0v) is 12.9. The number of hydrogen-bond acceptors (Lipinski definition) is 1. The maximum atomic E-state index is 12.7. The number of Topliss-reactive ketones (excluding diaryl/α,β-unsaturated/α-hetero) is 1. The van der Waals surface area contributed by atoms with Crippen LogP contribution in [0.25, 0.3) is 0 Å². The van der Waals surface area contributed by atoms with Gasteiger partial charge in [0.1, 0.15) is 5.78 Å². The first-order valence-corrected chi connectivity index (χ1v) is 8.35. The van der Waals surface area contributed by atoms with Gasteiger partial charge in [-0.2, -0.15) is 0 Å². The Morgan fingerprint density at radius 1 is 0.682 bits per heavy atom. The lowest BCUT2D eigenvalue weighted by atomic mass is 9.84. The second kappa shape index (κ2) is 5.08. The molecule has 2 aliphatic carbocycles. The molecule has 0 N–H and O–H groups in total. The van der Waals surface area contributed by atoms with E-state index in [-0.39, 0.29) is 10.8 Å². The van der Waals surface area contributed by atoms with Crippen LogP contribution in [0.1, 0.15) is 49.7 Å². The van der Waals surface area contributed by atoms with E-state index in [0.29, 0.717) is 5.78 Å². The predicted molar refractivity (Wildman–Crippen MR) is 88.9 cm³/mol. The van der Waals surface area contributed by atoms with Crippen LogP contribution < -0.4 is 0 Å². The van der Waals surface area contributed by atoms with Crippen molar-refractivity contribution in [1.82, 2.24) is 0 Å². The number of carbonyl (C=O) groups is 1. The van der Waals surface area contributed by atoms with E-state index in [1.807, 2.05) is 0 Å². The van der Waals surface area contributed by atoms with E-state index in [1.165, 1.54) is 36.8 Å². The highest BCUT2D eigenvalue weighted by molar-refractivity contribution is 5.82. The van der Waals surface area contributed by atoms with Crippen LogP contribution in [0.5, 0.6) is 0 Å². The highest BCUT2D eigenvalue weighted by Crippen LogP contribution is 2.54. The molecule has 4 rings (SSSR count). The van der Waals surface area contributed by atoms with Gasteiger partial charge in [-0.1, -0.05) is 60.7 Å². The van der Waals surface area contributed by atoms with E-state index in [9.17, 15) is 4.79 Å². The Kier molecular flexibility index (Phi) is 3.18. The van der Waals surface area contributed by atoms with Crippen molar-refractivity contribution in [3.05, 3.63) is 71.8 Å². The van der Waals surface area contributed by atoms with Crippen LogP contribution in [0.15, 0.2) is 60.7 Å². The van der Waals surface area contributed by atoms with E-state index in [0.717, 1.165) is 12.8 Å². The monoisotopic (exact) mass is 290 g/mol. The summed E-state index contributed by atoms with van der Waals surface area (Å²) >= 11 is 0. The van der Waals surface area contributed by atoms with E-state index in [2.05, 4.69) is 60.7 Å². The van der Waals surface area contributed by atoms with Crippen molar-refractivity contribution in [2.24, 2.45) is 0 Å². The molecule has 2 aromatic carbocycles. The zero-order valence-electron chi connectivity index (χ0n) is 12.9. The lowest BCUT2D eigenvalue weighted by molar-refractivity contribution is -0.120. The molecule has 0 unspecified atom stereocenters. The molecule has 112 valence electrons. The SMILES string of the molecule is O=C(CC1(c2ccccc2)CC1)CC1(c2ccccc2)CC1. The Morgan fingerprint density at radius 2 is 1.05 bits per heavy atom. The Labute approximate surface area is 132 Å². The van der Waals surface area contributed by atoms with Crippen LogP contribution in [0.3, 0.4) is 0 Å². The third kappa shape index (κ3) is 2.49. The van der Waals surface area contributed by atoms with Gasteiger partial charge < -0.3 is 0 Å². The average Bonchev–Trinajstić information content (AvgIpc) is 3.47. The molecular weight excluding hydrogens is 268 g/mol. The number of hydrogen-bond donors (Lipinski definition) is 0. The van der Waals surface area contributed by atoms with Crippen LogP contribution in [0.2, 0.25) is 0 Å². The van der Waals surface area contributed by atoms with Crippen LogP contribution in [0.4, 0.5) is 0 Å². The van der Waals surface area contributed by atoms with Crippen LogP contribution in [-0.2, 0) is 15.6 Å². The molecule has 0 bridgehead atoms. The highest BCUT2D eigenvalue weighted by atomic mass is 16.1. The van der Waals surface area contributed by atoms with Crippen LogP contribution >= 0.6 is 0 Å². The summed E-state index contributed by atoms with van der Waals surface area (Å²) < 4.78 is 0. The molecule has 2 saturated carbocycles. The molecule has 0 aromatic heterocycles. The lowest BCUT2D eigenvalue weighted by Crippen LogP contribution is -2.19. The van der Waals surface area contributed by atoms with Gasteiger partial charge >= 0.3 is 0 Å². The van der Waals surface area contributed by atoms with Gasteiger partial charge in [-0.15, -0.1) is 0 Å². The lowest BCUT2D eigenvalue weighted by Gasteiger charge is -2.19. The summed E-state index contributed by atoms with van der Waals surface area (Å²) in [6.45, 7) is 0. The molecule has 0 heterocycles. The fourth-order valence-corrected chi connectivity index (χ4v) is 3.84. The minimum atomic E-state index is 0.158. The van der Waals surface area contributed by atoms with Crippen molar-refractivity contribution < 1.29 is 4.79 Å². The largest absolute Gasteiger partial charge is 0.300 e. The summed E-state index contributed by atoms with van der Waals surface area (Å²) in [6.07, 6.45) is 6.13. The molecule has 0 spiro atoms. The second-order valence-electron chi connectivity index (χ2n) is 7.18. The smallest absolute Gasteiger partial charge is 0.134 e. The zero-order chi connectivity index (χ0) is 15.0. The summed E-state index contributed by atoms with van der Waals surface area (Å²) in [5, 5.41) is 0. The Balaban J connectivity index is 1.46. The van der Waals surface area contributed by atoms with Gasteiger partial charge in [0, 0.05) is 23.7 Å². The van der Waals surface area contributed by atoms with Gasteiger partial charge in [-0.05, 0) is 36.8 Å². The van der Waals surface area contributed by atoms with Crippen molar-refractivity contribution in [3.8, 4) is 0 Å². The molecule has 0 amide bonds. The quantitative estimate of drug-likeness (QED) is 0.747. The molecule has 0 aliphatic heterocycles. The Hall–Kier alpha value is -1.89. The first-order chi connectivity index (χ1) is 10.7. The fourth-order valence-electron chi connectivity index (χ4n) is 3.84. The van der Waals surface area contributed by atoms with Crippen molar-refractivity contribution in [1.29, 1.82) is 0 Å². The second-order valence-corrected chi connectivity index (χ2v) is 7.18. The highest BCUT2D eigenvalue weighted by Gasteiger charge is 2.49. The van der Waals surface area contributed by atoms with Gasteiger partial charge in [0.25, 0.3) is 0 Å². The molecule has 0 atom stereocenters. The minimum Gasteiger partial charge on any atom is -0.300 e. The topological polar surface area (TPSA) is 17.1 Å². The number of benzene rings is 2. The van der Waals surface area contributed by atoms with E-state index < -0.39 is 0 Å². The molecule has 2 aromatic rings. The summed E-state index contributed by atoms with van der Waals surface area (Å²) in [5.41, 5.74) is 3.02. The molecule has 2 fully saturated rings. The Bertz CT molecular complexity index is 604.